The van der Waals surface area contributed by atoms with Crippen LogP contribution in [0.3, 0.4) is 0 Å². The molecule has 3 heterocycles. The van der Waals surface area contributed by atoms with E-state index in [-0.39, 0.29) is 5.91 Å². The molecule has 0 spiro atoms. The van der Waals surface area contributed by atoms with Crippen LogP contribution in [0.5, 0.6) is 0 Å². The number of benzene rings is 2. The zero-order valence-corrected chi connectivity index (χ0v) is 15.5. The predicted octanol–water partition coefficient (Wildman–Crippen LogP) is 4.88. The average molecular weight is 374 g/mol. The summed E-state index contributed by atoms with van der Waals surface area (Å²) in [5.74, 6) is 1.42. The lowest BCUT2D eigenvalue weighted by Gasteiger charge is -2.26. The first-order valence-electron chi connectivity index (χ1n) is 9.06. The van der Waals surface area contributed by atoms with Crippen LogP contribution in [0.1, 0.15) is 28.0 Å². The van der Waals surface area contributed by atoms with Crippen LogP contribution in [0.2, 0.25) is 0 Å². The molecule has 0 aliphatic carbocycles. The molecule has 5 rings (SSSR count). The van der Waals surface area contributed by atoms with Crippen molar-refractivity contribution in [2.24, 2.45) is 0 Å². The van der Waals surface area contributed by atoms with Gasteiger partial charge in [-0.3, -0.25) is 4.79 Å². The number of amides is 1. The number of hydrogen-bond donors (Lipinski definition) is 0. The van der Waals surface area contributed by atoms with Gasteiger partial charge in [0.15, 0.2) is 11.5 Å². The fraction of sp³-hybridized carbons (Fsp3) is 0.182. The van der Waals surface area contributed by atoms with Crippen molar-refractivity contribution in [2.75, 3.05) is 13.1 Å². The van der Waals surface area contributed by atoms with Crippen molar-refractivity contribution in [3.63, 3.8) is 0 Å². The van der Waals surface area contributed by atoms with Crippen LogP contribution < -0.4 is 0 Å². The summed E-state index contributed by atoms with van der Waals surface area (Å²) >= 11 is 1.73. The highest BCUT2D eigenvalue weighted by molar-refractivity contribution is 7.98. The SMILES string of the molecule is O=C(c1noc2c1CSc1ccccc1-2)N1CC=C(c2ccccc2)CC1. The Hall–Kier alpha value is -2.79. The van der Waals surface area contributed by atoms with E-state index in [1.807, 2.05) is 41.3 Å². The highest BCUT2D eigenvalue weighted by Crippen LogP contribution is 2.42. The van der Waals surface area contributed by atoms with Gasteiger partial charge in [0, 0.05) is 34.9 Å². The lowest BCUT2D eigenvalue weighted by Crippen LogP contribution is -2.35. The molecule has 2 aliphatic rings. The molecular weight excluding hydrogens is 356 g/mol. The van der Waals surface area contributed by atoms with Crippen LogP contribution in [0, 0.1) is 0 Å². The molecular formula is C22H18N2O2S. The third-order valence-corrected chi connectivity index (χ3v) is 6.24. The van der Waals surface area contributed by atoms with Crippen molar-refractivity contribution in [1.29, 1.82) is 0 Å². The maximum absolute atomic E-state index is 13.1. The van der Waals surface area contributed by atoms with Crippen LogP contribution in [0.15, 0.2) is 70.1 Å². The van der Waals surface area contributed by atoms with Gasteiger partial charge in [0.25, 0.3) is 5.91 Å². The first kappa shape index (κ1) is 16.4. The van der Waals surface area contributed by atoms with Crippen molar-refractivity contribution in [3.8, 4) is 11.3 Å². The summed E-state index contributed by atoms with van der Waals surface area (Å²) in [6.45, 7) is 1.30. The summed E-state index contributed by atoms with van der Waals surface area (Å²) in [5, 5.41) is 4.15. The number of aromatic nitrogens is 1. The van der Waals surface area contributed by atoms with Gasteiger partial charge >= 0.3 is 0 Å². The molecule has 1 aromatic heterocycles. The van der Waals surface area contributed by atoms with Crippen molar-refractivity contribution in [3.05, 3.63) is 77.5 Å². The van der Waals surface area contributed by atoms with E-state index in [2.05, 4.69) is 29.4 Å². The predicted molar refractivity (Wildman–Crippen MR) is 106 cm³/mol. The van der Waals surface area contributed by atoms with E-state index >= 15 is 0 Å². The Morgan fingerprint density at radius 2 is 1.89 bits per heavy atom. The average Bonchev–Trinajstić information content (AvgIpc) is 3.19. The lowest BCUT2D eigenvalue weighted by molar-refractivity contribution is 0.0762. The molecule has 0 saturated heterocycles. The second-order valence-corrected chi connectivity index (χ2v) is 7.74. The van der Waals surface area contributed by atoms with E-state index in [0.717, 1.165) is 29.1 Å². The summed E-state index contributed by atoms with van der Waals surface area (Å²) in [6, 6.07) is 18.5. The van der Waals surface area contributed by atoms with Gasteiger partial charge in [-0.15, -0.1) is 11.8 Å². The monoisotopic (exact) mass is 374 g/mol. The molecule has 134 valence electrons. The molecule has 2 aliphatic heterocycles. The summed E-state index contributed by atoms with van der Waals surface area (Å²) in [5.41, 5.74) is 4.94. The molecule has 0 fully saturated rings. The topological polar surface area (TPSA) is 46.3 Å². The van der Waals surface area contributed by atoms with Gasteiger partial charge in [0.05, 0.1) is 0 Å². The number of carbonyl (C=O) groups is 1. The Balaban J connectivity index is 1.39. The minimum Gasteiger partial charge on any atom is -0.355 e. The first-order valence-corrected chi connectivity index (χ1v) is 10.0. The Morgan fingerprint density at radius 3 is 2.70 bits per heavy atom. The van der Waals surface area contributed by atoms with Crippen LogP contribution >= 0.6 is 11.8 Å². The van der Waals surface area contributed by atoms with Crippen LogP contribution in [0.25, 0.3) is 16.9 Å². The van der Waals surface area contributed by atoms with Crippen molar-refractivity contribution < 1.29 is 9.32 Å². The minimum atomic E-state index is -0.0386. The van der Waals surface area contributed by atoms with Gasteiger partial charge in [-0.2, -0.15) is 0 Å². The van der Waals surface area contributed by atoms with Gasteiger partial charge in [0.1, 0.15) is 0 Å². The highest BCUT2D eigenvalue weighted by Gasteiger charge is 2.30. The van der Waals surface area contributed by atoms with E-state index in [1.165, 1.54) is 16.0 Å². The minimum absolute atomic E-state index is 0.0386. The molecule has 0 unspecified atom stereocenters. The number of hydrogen-bond acceptors (Lipinski definition) is 4. The fourth-order valence-electron chi connectivity index (χ4n) is 3.67. The molecule has 2 aromatic carbocycles. The van der Waals surface area contributed by atoms with Crippen LogP contribution in [0.4, 0.5) is 0 Å². The first-order chi connectivity index (χ1) is 13.3. The van der Waals surface area contributed by atoms with E-state index in [4.69, 9.17) is 4.52 Å². The summed E-state index contributed by atoms with van der Waals surface area (Å²) in [4.78, 5) is 16.1. The lowest BCUT2D eigenvalue weighted by atomic mass is 9.99. The number of thioether (sulfide) groups is 1. The van der Waals surface area contributed by atoms with E-state index < -0.39 is 0 Å². The smallest absolute Gasteiger partial charge is 0.276 e. The zero-order valence-electron chi connectivity index (χ0n) is 14.7. The molecule has 0 radical (unpaired) electrons. The van der Waals surface area contributed by atoms with Crippen molar-refractivity contribution in [2.45, 2.75) is 17.1 Å². The number of carbonyl (C=O) groups excluding carboxylic acids is 1. The third-order valence-electron chi connectivity index (χ3n) is 5.14. The Morgan fingerprint density at radius 1 is 1.07 bits per heavy atom. The molecule has 5 heteroatoms. The largest absolute Gasteiger partial charge is 0.355 e. The quantitative estimate of drug-likeness (QED) is 0.642. The molecule has 0 bridgehead atoms. The standard InChI is InChI=1S/C22H18N2O2S/c25-22(24-12-10-16(11-13-24)15-6-2-1-3-7-15)20-18-14-27-19-9-5-4-8-17(19)21(18)26-23-20/h1-10H,11-14H2. The molecule has 1 amide bonds. The normalized spacial score (nSPS) is 15.7. The third kappa shape index (κ3) is 2.88. The number of nitrogens with zero attached hydrogens (tertiary/aromatic N) is 2. The summed E-state index contributed by atoms with van der Waals surface area (Å²) < 4.78 is 5.59. The summed E-state index contributed by atoms with van der Waals surface area (Å²) in [7, 11) is 0. The molecule has 0 N–H and O–H groups in total. The van der Waals surface area contributed by atoms with Crippen molar-refractivity contribution >= 4 is 23.2 Å². The van der Waals surface area contributed by atoms with E-state index in [9.17, 15) is 4.79 Å². The molecule has 4 nitrogen and oxygen atoms in total. The van der Waals surface area contributed by atoms with E-state index in [1.54, 1.807) is 11.8 Å². The fourth-order valence-corrected chi connectivity index (χ4v) is 4.73. The maximum atomic E-state index is 13.1. The number of rotatable bonds is 2. The van der Waals surface area contributed by atoms with Crippen molar-refractivity contribution in [1.82, 2.24) is 10.1 Å². The second-order valence-electron chi connectivity index (χ2n) is 6.72. The molecule has 3 aromatic rings. The van der Waals surface area contributed by atoms with Gasteiger partial charge < -0.3 is 9.42 Å². The molecule has 27 heavy (non-hydrogen) atoms. The van der Waals surface area contributed by atoms with Crippen LogP contribution in [-0.2, 0) is 5.75 Å². The number of fused-ring (bicyclic) bond motifs is 3. The van der Waals surface area contributed by atoms with Crippen LogP contribution in [-0.4, -0.2) is 29.1 Å². The molecule has 0 saturated carbocycles. The second kappa shape index (κ2) is 6.74. The van der Waals surface area contributed by atoms with Gasteiger partial charge in [-0.25, -0.2) is 0 Å². The van der Waals surface area contributed by atoms with Gasteiger partial charge in [-0.1, -0.05) is 53.7 Å². The molecule has 0 atom stereocenters. The van der Waals surface area contributed by atoms with Gasteiger partial charge in [0.2, 0.25) is 0 Å². The Labute approximate surface area is 161 Å². The summed E-state index contributed by atoms with van der Waals surface area (Å²) in [6.07, 6.45) is 3.00. The Kier molecular flexibility index (Phi) is 4.09. The highest BCUT2D eigenvalue weighted by atomic mass is 32.2. The Bertz CT molecular complexity index is 1040. The zero-order chi connectivity index (χ0) is 18.2. The van der Waals surface area contributed by atoms with Gasteiger partial charge in [-0.05, 0) is 29.7 Å². The van der Waals surface area contributed by atoms with E-state index in [0.29, 0.717) is 18.8 Å². The maximum Gasteiger partial charge on any atom is 0.276 e.